The van der Waals surface area contributed by atoms with Crippen molar-refractivity contribution in [3.63, 3.8) is 0 Å². The van der Waals surface area contributed by atoms with E-state index < -0.39 is 0 Å². The smallest absolute Gasteiger partial charge is 0.226 e. The fourth-order valence-electron chi connectivity index (χ4n) is 4.05. The Morgan fingerprint density at radius 2 is 1.85 bits per heavy atom. The monoisotopic (exact) mass is 503 g/mol. The van der Waals surface area contributed by atoms with Gasteiger partial charge in [-0.2, -0.15) is 5.10 Å². The molecule has 7 heteroatoms. The number of hydrogen-bond donors (Lipinski definition) is 1. The summed E-state index contributed by atoms with van der Waals surface area (Å²) < 4.78 is 14.4. The van der Waals surface area contributed by atoms with Crippen LogP contribution in [-0.2, 0) is 11.4 Å². The Labute approximate surface area is 200 Å². The number of fused-ring (bicyclic) bond motifs is 1. The number of hydrogen-bond acceptors (Lipinski definition) is 4. The van der Waals surface area contributed by atoms with Crippen LogP contribution in [0.2, 0.25) is 0 Å². The molecule has 0 spiro atoms. The van der Waals surface area contributed by atoms with E-state index in [-0.39, 0.29) is 11.8 Å². The summed E-state index contributed by atoms with van der Waals surface area (Å²) in [7, 11) is 1.62. The molecule has 1 N–H and O–H groups in total. The van der Waals surface area contributed by atoms with E-state index in [1.165, 1.54) is 0 Å². The predicted octanol–water partition coefficient (Wildman–Crippen LogP) is 5.70. The molecule has 1 aromatic heterocycles. The van der Waals surface area contributed by atoms with Crippen molar-refractivity contribution in [3.8, 4) is 17.2 Å². The molecule has 0 radical (unpaired) electrons. The van der Waals surface area contributed by atoms with Crippen LogP contribution in [0.3, 0.4) is 0 Å². The summed E-state index contributed by atoms with van der Waals surface area (Å²) in [5.74, 6) is 1.82. The van der Waals surface area contributed by atoms with E-state index in [4.69, 9.17) is 9.47 Å². The van der Waals surface area contributed by atoms with Gasteiger partial charge in [-0.15, -0.1) is 0 Å². The second-order valence-electron chi connectivity index (χ2n) is 7.83. The second kappa shape index (κ2) is 9.11. The van der Waals surface area contributed by atoms with Crippen LogP contribution in [0.25, 0.3) is 5.69 Å². The molecule has 1 aliphatic heterocycles. The van der Waals surface area contributed by atoms with Gasteiger partial charge in [0.15, 0.2) is 11.5 Å². The van der Waals surface area contributed by atoms with E-state index in [9.17, 15) is 4.79 Å². The summed E-state index contributed by atoms with van der Waals surface area (Å²) in [5, 5.41) is 7.56. The molecule has 4 aromatic rings. The Kier molecular flexibility index (Phi) is 5.88. The second-order valence-corrected chi connectivity index (χ2v) is 8.74. The van der Waals surface area contributed by atoms with Gasteiger partial charge in [0.1, 0.15) is 12.4 Å². The Morgan fingerprint density at radius 3 is 2.61 bits per heavy atom. The van der Waals surface area contributed by atoms with Crippen molar-refractivity contribution in [2.24, 2.45) is 0 Å². The van der Waals surface area contributed by atoms with E-state index in [1.807, 2.05) is 79.0 Å². The van der Waals surface area contributed by atoms with Gasteiger partial charge in [0.05, 0.1) is 19.0 Å². The lowest BCUT2D eigenvalue weighted by Gasteiger charge is -2.24. The SMILES string of the molecule is COc1cc(C2CC(=O)Nc3c2cnn3-c2ccc(Br)cc2)ccc1OCc1ccccc1. The molecule has 0 saturated heterocycles. The maximum atomic E-state index is 12.6. The molecular weight excluding hydrogens is 482 g/mol. The average Bonchev–Trinajstić information content (AvgIpc) is 3.27. The number of nitrogens with zero attached hydrogens (tertiary/aromatic N) is 2. The van der Waals surface area contributed by atoms with Gasteiger partial charge in [0.2, 0.25) is 5.91 Å². The Morgan fingerprint density at radius 1 is 1.06 bits per heavy atom. The van der Waals surface area contributed by atoms with Crippen molar-refractivity contribution >= 4 is 27.7 Å². The van der Waals surface area contributed by atoms with E-state index in [1.54, 1.807) is 11.8 Å². The lowest BCUT2D eigenvalue weighted by Crippen LogP contribution is -2.24. The highest BCUT2D eigenvalue weighted by molar-refractivity contribution is 9.10. The van der Waals surface area contributed by atoms with Crippen molar-refractivity contribution in [2.75, 3.05) is 12.4 Å². The first kappa shape index (κ1) is 21.3. The first-order chi connectivity index (χ1) is 16.1. The van der Waals surface area contributed by atoms with Gasteiger partial charge in [-0.25, -0.2) is 4.68 Å². The molecule has 2 heterocycles. The number of nitrogens with one attached hydrogen (secondary N) is 1. The Balaban J connectivity index is 1.45. The molecule has 0 bridgehead atoms. The maximum absolute atomic E-state index is 12.6. The number of halogens is 1. The lowest BCUT2D eigenvalue weighted by molar-refractivity contribution is -0.116. The lowest BCUT2D eigenvalue weighted by atomic mass is 9.87. The zero-order chi connectivity index (χ0) is 22.8. The number of aromatic nitrogens is 2. The van der Waals surface area contributed by atoms with Crippen LogP contribution in [-0.4, -0.2) is 22.8 Å². The molecule has 1 aliphatic rings. The van der Waals surface area contributed by atoms with E-state index >= 15 is 0 Å². The fourth-order valence-corrected chi connectivity index (χ4v) is 4.31. The van der Waals surface area contributed by atoms with Crippen molar-refractivity contribution in [1.29, 1.82) is 0 Å². The molecule has 33 heavy (non-hydrogen) atoms. The van der Waals surface area contributed by atoms with Gasteiger partial charge >= 0.3 is 0 Å². The minimum atomic E-state index is -0.130. The molecule has 5 rings (SSSR count). The van der Waals surface area contributed by atoms with E-state index in [0.717, 1.165) is 26.9 Å². The van der Waals surface area contributed by atoms with Gasteiger partial charge in [0.25, 0.3) is 0 Å². The Bertz CT molecular complexity index is 1290. The number of benzene rings is 3. The van der Waals surface area contributed by atoms with Crippen LogP contribution in [0.15, 0.2) is 83.5 Å². The van der Waals surface area contributed by atoms with Gasteiger partial charge in [-0.3, -0.25) is 4.79 Å². The summed E-state index contributed by atoms with van der Waals surface area (Å²) in [6, 6.07) is 23.6. The standard InChI is InChI=1S/C26H22BrN3O3/c1-32-24-13-18(7-12-23(24)33-16-17-5-3-2-4-6-17)21-14-25(31)29-26-22(21)15-28-30(26)20-10-8-19(27)9-11-20/h2-13,15,21H,14,16H2,1H3,(H,29,31). The minimum Gasteiger partial charge on any atom is -0.493 e. The Hall–Kier alpha value is -3.58. The van der Waals surface area contributed by atoms with Gasteiger partial charge in [0, 0.05) is 22.4 Å². The van der Waals surface area contributed by atoms with Crippen molar-refractivity contribution in [1.82, 2.24) is 9.78 Å². The molecule has 0 aliphatic carbocycles. The number of methoxy groups -OCH3 is 1. The third kappa shape index (κ3) is 4.36. The number of amides is 1. The quantitative estimate of drug-likeness (QED) is 0.366. The van der Waals surface area contributed by atoms with Gasteiger partial charge in [-0.05, 0) is 47.5 Å². The molecule has 1 unspecified atom stereocenters. The predicted molar refractivity (Wildman–Crippen MR) is 130 cm³/mol. The highest BCUT2D eigenvalue weighted by Crippen LogP contribution is 2.41. The van der Waals surface area contributed by atoms with Crippen molar-refractivity contribution < 1.29 is 14.3 Å². The molecule has 1 atom stereocenters. The summed E-state index contributed by atoms with van der Waals surface area (Å²) in [5.41, 5.74) is 3.91. The third-order valence-electron chi connectivity index (χ3n) is 5.72. The number of ether oxygens (including phenoxy) is 2. The van der Waals surface area contributed by atoms with E-state index in [0.29, 0.717) is 30.3 Å². The molecule has 166 valence electrons. The first-order valence-electron chi connectivity index (χ1n) is 10.6. The molecule has 1 amide bonds. The van der Waals surface area contributed by atoms with Crippen molar-refractivity contribution in [3.05, 3.63) is 100 Å². The molecule has 6 nitrogen and oxygen atoms in total. The number of rotatable bonds is 6. The van der Waals surface area contributed by atoms with Crippen LogP contribution in [0.5, 0.6) is 11.5 Å². The van der Waals surface area contributed by atoms with Gasteiger partial charge in [-0.1, -0.05) is 52.3 Å². The van der Waals surface area contributed by atoms with Crippen molar-refractivity contribution in [2.45, 2.75) is 18.9 Å². The topological polar surface area (TPSA) is 65.4 Å². The van der Waals surface area contributed by atoms with Crippen LogP contribution >= 0.6 is 15.9 Å². The summed E-state index contributed by atoms with van der Waals surface area (Å²) in [6.45, 7) is 0.451. The summed E-state index contributed by atoms with van der Waals surface area (Å²) in [4.78, 5) is 12.6. The number of carbonyl (C=O) groups excluding carboxylic acids is 1. The average molecular weight is 504 g/mol. The van der Waals surface area contributed by atoms with Crippen LogP contribution in [0.1, 0.15) is 29.0 Å². The highest BCUT2D eigenvalue weighted by atomic mass is 79.9. The largest absolute Gasteiger partial charge is 0.493 e. The zero-order valence-corrected chi connectivity index (χ0v) is 19.6. The van der Waals surface area contributed by atoms with Crippen LogP contribution in [0, 0.1) is 0 Å². The highest BCUT2D eigenvalue weighted by Gasteiger charge is 2.31. The first-order valence-corrected chi connectivity index (χ1v) is 11.4. The molecule has 3 aromatic carbocycles. The van der Waals surface area contributed by atoms with Gasteiger partial charge < -0.3 is 14.8 Å². The molecular formula is C26H22BrN3O3. The molecule has 0 fully saturated rings. The maximum Gasteiger partial charge on any atom is 0.226 e. The van der Waals surface area contributed by atoms with E-state index in [2.05, 4.69) is 26.3 Å². The molecule has 0 saturated carbocycles. The summed E-state index contributed by atoms with van der Waals surface area (Å²) >= 11 is 3.46. The minimum absolute atomic E-state index is 0.0465. The summed E-state index contributed by atoms with van der Waals surface area (Å²) in [6.07, 6.45) is 2.17. The normalized spacial score (nSPS) is 15.0. The van der Waals surface area contributed by atoms with Crippen LogP contribution in [0.4, 0.5) is 5.82 Å². The van der Waals surface area contributed by atoms with Crippen LogP contribution < -0.4 is 14.8 Å². The fraction of sp³-hybridized carbons (Fsp3) is 0.154. The third-order valence-corrected chi connectivity index (χ3v) is 6.25. The zero-order valence-electron chi connectivity index (χ0n) is 18.0. The number of carbonyl (C=O) groups is 1. The number of anilines is 1.